The van der Waals surface area contributed by atoms with Crippen molar-refractivity contribution in [3.8, 4) is 29.6 Å². The van der Waals surface area contributed by atoms with E-state index in [4.69, 9.17) is 26.1 Å². The summed E-state index contributed by atoms with van der Waals surface area (Å²) in [7, 11) is 0. The lowest BCUT2D eigenvalue weighted by atomic mass is 9.85. The molecule has 10 rings (SSSR count). The molecule has 6 aliphatic rings. The second-order valence-electron chi connectivity index (χ2n) is 15.6. The maximum atomic E-state index is 17.2. The minimum absolute atomic E-state index is 0.00269. The van der Waals surface area contributed by atoms with Gasteiger partial charge in [0, 0.05) is 49.7 Å². The van der Waals surface area contributed by atoms with Gasteiger partial charge in [-0.15, -0.1) is 6.42 Å². The predicted octanol–water partition coefficient (Wildman–Crippen LogP) is 5.86. The van der Waals surface area contributed by atoms with E-state index < -0.39 is 11.6 Å². The first-order valence-electron chi connectivity index (χ1n) is 17.2. The SMILES string of the molecule is C#Cc1c(F)ccc2cccc(-c3nc4c5c(nc(OCC67CC8(CC8)CN6CC6(CC6)C7)nc5c3F)N3CCNC[C@@H]3[C@@H](C)C4)c12. The first-order valence-corrected chi connectivity index (χ1v) is 17.2. The third-order valence-corrected chi connectivity index (χ3v) is 12.5. The topological polar surface area (TPSA) is 66.4 Å². The highest BCUT2D eigenvalue weighted by molar-refractivity contribution is 6.02. The lowest BCUT2D eigenvalue weighted by Crippen LogP contribution is -2.54. The number of nitrogens with one attached hydrogen (secondary N) is 1. The average Bonchev–Trinajstić information content (AvgIpc) is 3.97. The molecule has 3 saturated heterocycles. The molecule has 4 aromatic rings. The second-order valence-corrected chi connectivity index (χ2v) is 15.6. The lowest BCUT2D eigenvalue weighted by molar-refractivity contribution is 0.107. The minimum Gasteiger partial charge on any atom is -0.461 e. The number of benzene rings is 2. The minimum atomic E-state index is -0.561. The van der Waals surface area contributed by atoms with Crippen molar-refractivity contribution in [2.75, 3.05) is 44.2 Å². The van der Waals surface area contributed by atoms with E-state index in [1.807, 2.05) is 12.1 Å². The van der Waals surface area contributed by atoms with E-state index in [0.717, 1.165) is 30.7 Å². The number of nitrogens with zero attached hydrogens (tertiary/aromatic N) is 5. The summed E-state index contributed by atoms with van der Waals surface area (Å²) in [5, 5.41) is 5.40. The highest BCUT2D eigenvalue weighted by atomic mass is 19.1. The Morgan fingerprint density at radius 1 is 1.02 bits per heavy atom. The van der Waals surface area contributed by atoms with Gasteiger partial charge in [-0.2, -0.15) is 9.97 Å². The number of hydrogen-bond donors (Lipinski definition) is 1. The van der Waals surface area contributed by atoms with Gasteiger partial charge in [0.2, 0.25) is 0 Å². The summed E-state index contributed by atoms with van der Waals surface area (Å²) in [5.74, 6) is 2.35. The van der Waals surface area contributed by atoms with Crippen LogP contribution in [0.15, 0.2) is 30.3 Å². The molecule has 0 unspecified atom stereocenters. The maximum absolute atomic E-state index is 17.2. The van der Waals surface area contributed by atoms with Crippen LogP contribution < -0.4 is 15.0 Å². The van der Waals surface area contributed by atoms with Crippen LogP contribution in [0.5, 0.6) is 6.01 Å². The standard InChI is InChI=1S/C38H38F2N6O/c1-3-24-26(39)8-7-23-5-4-6-25(29(23)24)32-31(40)33-30-27(42-32)15-22(2)28-16-41-13-14-46(28)34(30)44-35(43-33)47-21-38-17-36(9-10-36)19-45(38)20-37(18-38)11-12-37/h1,4-8,22,28,41H,9-21H2,2H3/t22-,28+/m0/s1. The fraction of sp³-hybridized carbons (Fsp3) is 0.500. The number of terminal acetylenes is 1. The van der Waals surface area contributed by atoms with Crippen molar-refractivity contribution in [3.05, 3.63) is 53.2 Å². The van der Waals surface area contributed by atoms with Crippen molar-refractivity contribution in [2.45, 2.75) is 63.5 Å². The molecule has 7 nitrogen and oxygen atoms in total. The quantitative estimate of drug-likeness (QED) is 0.283. The smallest absolute Gasteiger partial charge is 0.319 e. The normalized spacial score (nSPS) is 26.0. The van der Waals surface area contributed by atoms with Crippen molar-refractivity contribution in [3.63, 3.8) is 0 Å². The van der Waals surface area contributed by atoms with Crippen molar-refractivity contribution in [2.24, 2.45) is 16.7 Å². The summed E-state index contributed by atoms with van der Waals surface area (Å²) >= 11 is 0. The molecule has 0 amide bonds. The third kappa shape index (κ3) is 4.13. The molecule has 5 fully saturated rings. The Balaban J connectivity index is 1.14. The van der Waals surface area contributed by atoms with Gasteiger partial charge < -0.3 is 15.0 Å². The van der Waals surface area contributed by atoms with Crippen LogP contribution in [0.4, 0.5) is 14.6 Å². The molecule has 2 aromatic heterocycles. The first-order chi connectivity index (χ1) is 22.8. The number of aromatic nitrogens is 3. The number of hydrogen-bond acceptors (Lipinski definition) is 7. The molecular formula is C38H38F2N6O. The summed E-state index contributed by atoms with van der Waals surface area (Å²) in [5.41, 5.74) is 2.55. The van der Waals surface area contributed by atoms with Crippen LogP contribution in [-0.4, -0.2) is 70.8 Å². The highest BCUT2D eigenvalue weighted by Gasteiger charge is 2.67. The van der Waals surface area contributed by atoms with Gasteiger partial charge in [0.1, 0.15) is 29.5 Å². The van der Waals surface area contributed by atoms with Crippen LogP contribution in [0, 0.1) is 40.7 Å². The highest BCUT2D eigenvalue weighted by Crippen LogP contribution is 2.67. The molecule has 240 valence electrons. The van der Waals surface area contributed by atoms with Gasteiger partial charge in [-0.05, 0) is 73.1 Å². The Morgan fingerprint density at radius 2 is 1.81 bits per heavy atom. The largest absolute Gasteiger partial charge is 0.461 e. The molecule has 9 heteroatoms. The Morgan fingerprint density at radius 3 is 2.55 bits per heavy atom. The van der Waals surface area contributed by atoms with Gasteiger partial charge in [0.15, 0.2) is 5.82 Å². The van der Waals surface area contributed by atoms with Gasteiger partial charge in [-0.1, -0.05) is 37.1 Å². The average molecular weight is 633 g/mol. The molecule has 4 aliphatic heterocycles. The summed E-state index contributed by atoms with van der Waals surface area (Å²) in [6, 6.07) is 8.89. The zero-order valence-corrected chi connectivity index (χ0v) is 26.7. The molecule has 2 aliphatic carbocycles. The third-order valence-electron chi connectivity index (χ3n) is 12.5. The van der Waals surface area contributed by atoms with E-state index in [1.165, 1.54) is 57.7 Å². The van der Waals surface area contributed by atoms with Gasteiger partial charge in [-0.25, -0.2) is 13.8 Å². The van der Waals surface area contributed by atoms with E-state index >= 15 is 8.78 Å². The van der Waals surface area contributed by atoms with Gasteiger partial charge in [-0.3, -0.25) is 4.90 Å². The number of piperazine rings is 1. The van der Waals surface area contributed by atoms with Crippen molar-refractivity contribution < 1.29 is 13.5 Å². The summed E-state index contributed by atoms with van der Waals surface area (Å²) in [6.07, 6.45) is 14.0. The van der Waals surface area contributed by atoms with E-state index in [-0.39, 0.29) is 40.3 Å². The van der Waals surface area contributed by atoms with Crippen LogP contribution in [0.25, 0.3) is 32.9 Å². The Bertz CT molecular complexity index is 2020. The summed E-state index contributed by atoms with van der Waals surface area (Å²) in [6.45, 7) is 7.44. The summed E-state index contributed by atoms with van der Waals surface area (Å²) < 4.78 is 38.8. The van der Waals surface area contributed by atoms with Crippen LogP contribution >= 0.6 is 0 Å². The predicted molar refractivity (Wildman–Crippen MR) is 177 cm³/mol. The van der Waals surface area contributed by atoms with Crippen LogP contribution in [-0.2, 0) is 6.42 Å². The van der Waals surface area contributed by atoms with E-state index in [0.29, 0.717) is 46.0 Å². The van der Waals surface area contributed by atoms with Gasteiger partial charge >= 0.3 is 6.01 Å². The Hall–Kier alpha value is -3.87. The maximum Gasteiger partial charge on any atom is 0.319 e. The first kappa shape index (κ1) is 28.2. The zero-order valence-electron chi connectivity index (χ0n) is 26.7. The summed E-state index contributed by atoms with van der Waals surface area (Å²) in [4.78, 5) is 20.0. The number of halogens is 2. The number of anilines is 1. The van der Waals surface area contributed by atoms with Gasteiger partial charge in [0.25, 0.3) is 0 Å². The molecule has 1 N–H and O–H groups in total. The zero-order chi connectivity index (χ0) is 31.7. The molecule has 47 heavy (non-hydrogen) atoms. The molecule has 2 atom stereocenters. The van der Waals surface area contributed by atoms with Crippen LogP contribution in [0.1, 0.15) is 56.7 Å². The molecule has 0 radical (unpaired) electrons. The molecule has 2 aromatic carbocycles. The van der Waals surface area contributed by atoms with Crippen molar-refractivity contribution in [1.29, 1.82) is 0 Å². The van der Waals surface area contributed by atoms with E-state index in [9.17, 15) is 0 Å². The fourth-order valence-corrected chi connectivity index (χ4v) is 9.84. The number of ether oxygens (including phenoxy) is 1. The fourth-order valence-electron chi connectivity index (χ4n) is 9.84. The molecule has 2 saturated carbocycles. The number of pyridine rings is 1. The van der Waals surface area contributed by atoms with E-state index in [1.54, 1.807) is 12.1 Å². The Labute approximate surface area is 273 Å². The molecule has 6 heterocycles. The van der Waals surface area contributed by atoms with Gasteiger partial charge in [0.05, 0.1) is 22.2 Å². The Kier molecular flexibility index (Phi) is 5.76. The lowest BCUT2D eigenvalue weighted by Gasteiger charge is -2.39. The monoisotopic (exact) mass is 632 g/mol. The van der Waals surface area contributed by atoms with Crippen molar-refractivity contribution >= 4 is 27.5 Å². The molecule has 0 bridgehead atoms. The van der Waals surface area contributed by atoms with E-state index in [2.05, 4.69) is 28.0 Å². The second kappa shape index (κ2) is 9.61. The van der Waals surface area contributed by atoms with Crippen LogP contribution in [0.3, 0.4) is 0 Å². The molecular weight excluding hydrogens is 594 g/mol. The van der Waals surface area contributed by atoms with Crippen molar-refractivity contribution in [1.82, 2.24) is 25.2 Å². The number of rotatable bonds is 4. The molecule has 2 spiro atoms. The number of fused-ring (bicyclic) bond motifs is 4. The van der Waals surface area contributed by atoms with Crippen LogP contribution in [0.2, 0.25) is 0 Å².